The molecule has 0 unspecified atom stereocenters. The Kier molecular flexibility index (Phi) is 4.89. The third-order valence-corrected chi connectivity index (χ3v) is 9.40. The third kappa shape index (κ3) is 2.58. The van der Waals surface area contributed by atoms with Crippen LogP contribution in [0.2, 0.25) is 0 Å². The summed E-state index contributed by atoms with van der Waals surface area (Å²) in [6.45, 7) is 3.63. The normalized spacial score (nSPS) is 50.6. The second-order valence-corrected chi connectivity index (χ2v) is 10.1. The molecule has 0 spiro atoms. The minimum Gasteiger partial charge on any atom is -0.393 e. The van der Waals surface area contributed by atoms with Gasteiger partial charge in [-0.05, 0) is 74.2 Å². The number of rotatable bonds is 2. The molecule has 4 aliphatic rings. The summed E-state index contributed by atoms with van der Waals surface area (Å²) in [6, 6.07) is 0. The molecular formula is C21H30INO4. The quantitative estimate of drug-likeness (QED) is 0.523. The van der Waals surface area contributed by atoms with E-state index < -0.39 is 29.5 Å². The molecule has 0 radical (unpaired) electrons. The summed E-state index contributed by atoms with van der Waals surface area (Å²) in [5.41, 5.74) is 0.349. The van der Waals surface area contributed by atoms with Crippen LogP contribution in [0.4, 0.5) is 0 Å². The van der Waals surface area contributed by atoms with E-state index in [9.17, 15) is 20.1 Å². The number of Topliss-reactive ketones (excluding diaryl/α,β-unsaturated/α-hetero) is 1. The summed E-state index contributed by atoms with van der Waals surface area (Å²) < 4.78 is 4.36. The fourth-order valence-corrected chi connectivity index (χ4v) is 7.74. The molecule has 0 saturated heterocycles. The molecule has 0 heterocycles. The van der Waals surface area contributed by atoms with Gasteiger partial charge in [0.2, 0.25) is 0 Å². The van der Waals surface area contributed by atoms with E-state index in [-0.39, 0.29) is 17.3 Å². The van der Waals surface area contributed by atoms with Gasteiger partial charge in [-0.15, -0.1) is 0 Å². The van der Waals surface area contributed by atoms with E-state index in [0.717, 1.165) is 37.8 Å². The lowest BCUT2D eigenvalue weighted by Crippen LogP contribution is -2.62. The highest BCUT2D eigenvalue weighted by atomic mass is 127. The lowest BCUT2D eigenvalue weighted by Gasteiger charge is -2.60. The highest BCUT2D eigenvalue weighted by Crippen LogP contribution is 2.67. The zero-order valence-corrected chi connectivity index (χ0v) is 18.3. The van der Waals surface area contributed by atoms with Crippen LogP contribution < -0.4 is 0 Å². The van der Waals surface area contributed by atoms with Crippen molar-refractivity contribution in [3.8, 4) is 0 Å². The summed E-state index contributed by atoms with van der Waals surface area (Å²) in [4.78, 5) is 12.4. The second-order valence-electron chi connectivity index (χ2n) is 9.67. The highest BCUT2D eigenvalue weighted by molar-refractivity contribution is 14.1. The standard InChI is InChI=1S/C21H30INO4/c1-19-7-5-13(23-22)9-12(19)3-4-14-15-6-8-21(27,17(26)11-24)20(15,2)10-16(25)18(14)19/h9,14-16,18,24-25,27H,3-8,10-11H2,1-2H3/t14-,15-,16+,18+,19-,20-,21-/m0/s1. The first kappa shape index (κ1) is 20.0. The fraction of sp³-hybridized carbons (Fsp3) is 0.810. The lowest BCUT2D eigenvalue weighted by atomic mass is 9.45. The number of ketones is 1. The average molecular weight is 487 g/mol. The van der Waals surface area contributed by atoms with E-state index in [1.165, 1.54) is 5.57 Å². The predicted molar refractivity (Wildman–Crippen MR) is 112 cm³/mol. The van der Waals surface area contributed by atoms with Crippen LogP contribution in [-0.2, 0) is 4.79 Å². The minimum atomic E-state index is -1.51. The number of aliphatic hydroxyl groups is 3. The van der Waals surface area contributed by atoms with E-state index in [2.05, 4.69) is 39.1 Å². The van der Waals surface area contributed by atoms with E-state index in [1.807, 2.05) is 6.92 Å². The summed E-state index contributed by atoms with van der Waals surface area (Å²) in [6.07, 6.45) is 7.25. The molecule has 27 heavy (non-hydrogen) atoms. The molecular weight excluding hydrogens is 457 g/mol. The van der Waals surface area contributed by atoms with Crippen molar-refractivity contribution in [1.82, 2.24) is 0 Å². The van der Waals surface area contributed by atoms with Gasteiger partial charge in [-0.1, -0.05) is 19.4 Å². The van der Waals surface area contributed by atoms with E-state index in [0.29, 0.717) is 18.8 Å². The highest BCUT2D eigenvalue weighted by Gasteiger charge is 2.68. The van der Waals surface area contributed by atoms with Crippen molar-refractivity contribution in [2.75, 3.05) is 6.61 Å². The number of aliphatic hydroxyl groups excluding tert-OH is 2. The van der Waals surface area contributed by atoms with Crippen molar-refractivity contribution in [2.45, 2.75) is 70.5 Å². The molecule has 0 aliphatic heterocycles. The van der Waals surface area contributed by atoms with Crippen LogP contribution in [0.25, 0.3) is 0 Å². The SMILES string of the molecule is C[C@]12CCC(=NI)C=C1CC[C@@H]1[C@@H]2[C@H](O)C[C@@]2(C)[C@H]1CC[C@]2(O)C(=O)CO. The van der Waals surface area contributed by atoms with E-state index in [4.69, 9.17) is 0 Å². The van der Waals surface area contributed by atoms with Gasteiger partial charge >= 0.3 is 0 Å². The number of hydrogen-bond donors (Lipinski definition) is 3. The van der Waals surface area contributed by atoms with Crippen molar-refractivity contribution in [3.63, 3.8) is 0 Å². The maximum atomic E-state index is 12.4. The Balaban J connectivity index is 1.72. The number of carbonyl (C=O) groups is 1. The lowest BCUT2D eigenvalue weighted by molar-refractivity contribution is -0.181. The molecule has 0 bridgehead atoms. The molecule has 150 valence electrons. The number of carbonyl (C=O) groups excluding carboxylic acids is 1. The minimum absolute atomic E-state index is 0.0316. The van der Waals surface area contributed by atoms with Crippen molar-refractivity contribution >= 4 is 34.4 Å². The first-order chi connectivity index (χ1) is 12.7. The van der Waals surface area contributed by atoms with Crippen molar-refractivity contribution in [3.05, 3.63) is 11.6 Å². The third-order valence-electron chi connectivity index (χ3n) is 8.78. The van der Waals surface area contributed by atoms with Crippen LogP contribution in [-0.4, -0.2) is 45.1 Å². The summed E-state index contributed by atoms with van der Waals surface area (Å²) in [5.74, 6) is 0.197. The summed E-state index contributed by atoms with van der Waals surface area (Å²) in [5, 5.41) is 31.9. The number of nitrogens with zero attached hydrogens (tertiary/aromatic N) is 1. The van der Waals surface area contributed by atoms with Crippen molar-refractivity contribution in [1.29, 1.82) is 0 Å². The number of halogens is 1. The van der Waals surface area contributed by atoms with Gasteiger partial charge in [0, 0.05) is 11.1 Å². The van der Waals surface area contributed by atoms with Gasteiger partial charge in [-0.25, -0.2) is 3.21 Å². The molecule has 4 rings (SSSR count). The maximum absolute atomic E-state index is 12.4. The molecule has 0 aromatic heterocycles. The van der Waals surface area contributed by atoms with Gasteiger partial charge in [-0.2, -0.15) is 0 Å². The summed E-state index contributed by atoms with van der Waals surface area (Å²) >= 11 is 2.07. The monoisotopic (exact) mass is 487 g/mol. The van der Waals surface area contributed by atoms with Crippen LogP contribution in [0.5, 0.6) is 0 Å². The Morgan fingerprint density at radius 3 is 2.70 bits per heavy atom. The van der Waals surface area contributed by atoms with Crippen LogP contribution in [0, 0.1) is 28.6 Å². The van der Waals surface area contributed by atoms with Crippen LogP contribution >= 0.6 is 22.9 Å². The number of allylic oxidation sites excluding steroid dienone is 2. The Labute approximate surface area is 174 Å². The first-order valence-electron chi connectivity index (χ1n) is 10.1. The molecule has 3 N–H and O–H groups in total. The zero-order chi connectivity index (χ0) is 19.6. The topological polar surface area (TPSA) is 90.1 Å². The predicted octanol–water partition coefficient (Wildman–Crippen LogP) is 3.00. The van der Waals surface area contributed by atoms with Gasteiger partial charge in [-0.3, -0.25) is 4.79 Å². The maximum Gasteiger partial charge on any atom is 0.190 e. The molecule has 0 aromatic rings. The first-order valence-corrected chi connectivity index (χ1v) is 11.1. The largest absolute Gasteiger partial charge is 0.393 e. The van der Waals surface area contributed by atoms with Gasteiger partial charge in [0.25, 0.3) is 0 Å². The van der Waals surface area contributed by atoms with Gasteiger partial charge < -0.3 is 15.3 Å². The van der Waals surface area contributed by atoms with E-state index in [1.54, 1.807) is 0 Å². The molecule has 0 aromatic carbocycles. The van der Waals surface area contributed by atoms with E-state index >= 15 is 0 Å². The molecule has 5 nitrogen and oxygen atoms in total. The second kappa shape index (κ2) is 6.61. The Morgan fingerprint density at radius 1 is 1.30 bits per heavy atom. The van der Waals surface area contributed by atoms with Gasteiger partial charge in [0.05, 0.1) is 29.0 Å². The van der Waals surface area contributed by atoms with Crippen molar-refractivity contribution in [2.24, 2.45) is 31.8 Å². The molecule has 6 heteroatoms. The number of fused-ring (bicyclic) bond motifs is 5. The summed E-state index contributed by atoms with van der Waals surface area (Å²) in [7, 11) is 0. The molecule has 3 fully saturated rings. The molecule has 7 atom stereocenters. The van der Waals surface area contributed by atoms with Gasteiger partial charge in [0.15, 0.2) is 5.78 Å². The Morgan fingerprint density at radius 2 is 2.04 bits per heavy atom. The van der Waals surface area contributed by atoms with Crippen LogP contribution in [0.15, 0.2) is 14.9 Å². The van der Waals surface area contributed by atoms with Crippen molar-refractivity contribution < 1.29 is 20.1 Å². The average Bonchev–Trinajstić information content (AvgIpc) is 2.91. The molecule has 3 saturated carbocycles. The molecule has 4 aliphatic carbocycles. The smallest absolute Gasteiger partial charge is 0.190 e. The van der Waals surface area contributed by atoms with Crippen LogP contribution in [0.1, 0.15) is 58.8 Å². The molecule has 0 amide bonds. The van der Waals surface area contributed by atoms with Gasteiger partial charge in [0.1, 0.15) is 12.2 Å². The Bertz CT molecular complexity index is 721. The van der Waals surface area contributed by atoms with Crippen LogP contribution in [0.3, 0.4) is 0 Å². The fourth-order valence-electron chi connectivity index (χ4n) is 7.36. The zero-order valence-electron chi connectivity index (χ0n) is 16.1. The Hall–Kier alpha value is -0.310. The number of hydrogen-bond acceptors (Lipinski definition) is 5.